The summed E-state index contributed by atoms with van der Waals surface area (Å²) in [6.45, 7) is 7.95. The summed E-state index contributed by atoms with van der Waals surface area (Å²) in [5.41, 5.74) is 2.75. The van der Waals surface area contributed by atoms with E-state index in [1.165, 1.54) is 11.1 Å². The molecule has 1 aromatic rings. The largest absolute Gasteiger partial charge is 0.337 e. The molecule has 16 heavy (non-hydrogen) atoms. The van der Waals surface area contributed by atoms with Gasteiger partial charge in [-0.1, -0.05) is 45.0 Å². The molecule has 0 N–H and O–H groups in total. The van der Waals surface area contributed by atoms with Crippen LogP contribution >= 0.6 is 0 Å². The SMILES string of the molecule is CCC(=O)N1Cc2ccccc2C(C)(C)C1. The Balaban J connectivity index is 2.37. The number of hydrogen-bond donors (Lipinski definition) is 0. The highest BCUT2D eigenvalue weighted by atomic mass is 16.2. The second-order valence-electron chi connectivity index (χ2n) is 5.14. The Morgan fingerprint density at radius 1 is 1.38 bits per heavy atom. The number of fused-ring (bicyclic) bond motifs is 1. The highest BCUT2D eigenvalue weighted by Gasteiger charge is 2.32. The van der Waals surface area contributed by atoms with Gasteiger partial charge in [0, 0.05) is 24.9 Å². The predicted molar refractivity (Wildman–Crippen MR) is 65.2 cm³/mol. The van der Waals surface area contributed by atoms with E-state index in [-0.39, 0.29) is 11.3 Å². The first kappa shape index (κ1) is 11.2. The van der Waals surface area contributed by atoms with Crippen molar-refractivity contribution in [2.45, 2.75) is 39.2 Å². The summed E-state index contributed by atoms with van der Waals surface area (Å²) in [6, 6.07) is 8.45. The Morgan fingerprint density at radius 2 is 2.06 bits per heavy atom. The third kappa shape index (κ3) is 1.84. The summed E-state index contributed by atoms with van der Waals surface area (Å²) in [5, 5.41) is 0. The van der Waals surface area contributed by atoms with E-state index >= 15 is 0 Å². The second-order valence-corrected chi connectivity index (χ2v) is 5.14. The lowest BCUT2D eigenvalue weighted by Gasteiger charge is -2.39. The van der Waals surface area contributed by atoms with E-state index in [0.29, 0.717) is 6.42 Å². The number of hydrogen-bond acceptors (Lipinski definition) is 1. The number of amides is 1. The summed E-state index contributed by atoms with van der Waals surface area (Å²) in [6.07, 6.45) is 0.595. The highest BCUT2D eigenvalue weighted by molar-refractivity contribution is 5.76. The van der Waals surface area contributed by atoms with Crippen molar-refractivity contribution in [2.75, 3.05) is 6.54 Å². The van der Waals surface area contributed by atoms with Gasteiger partial charge >= 0.3 is 0 Å². The van der Waals surface area contributed by atoms with Gasteiger partial charge < -0.3 is 4.90 Å². The second kappa shape index (κ2) is 3.93. The molecular weight excluding hydrogens is 198 g/mol. The van der Waals surface area contributed by atoms with Crippen molar-refractivity contribution in [1.82, 2.24) is 4.90 Å². The van der Waals surface area contributed by atoms with Gasteiger partial charge in [-0.25, -0.2) is 0 Å². The molecule has 0 saturated heterocycles. The summed E-state index contributed by atoms with van der Waals surface area (Å²) < 4.78 is 0. The van der Waals surface area contributed by atoms with Gasteiger partial charge in [-0.2, -0.15) is 0 Å². The van der Waals surface area contributed by atoms with Crippen LogP contribution in [0.15, 0.2) is 24.3 Å². The van der Waals surface area contributed by atoms with Gasteiger partial charge in [0.2, 0.25) is 5.91 Å². The molecule has 0 radical (unpaired) electrons. The minimum atomic E-state index is 0.0691. The van der Waals surface area contributed by atoms with Gasteiger partial charge in [0.25, 0.3) is 0 Å². The van der Waals surface area contributed by atoms with Crippen LogP contribution < -0.4 is 0 Å². The average molecular weight is 217 g/mol. The van der Waals surface area contributed by atoms with Crippen LogP contribution in [0, 0.1) is 0 Å². The smallest absolute Gasteiger partial charge is 0.222 e. The van der Waals surface area contributed by atoms with Crippen molar-refractivity contribution in [3.63, 3.8) is 0 Å². The van der Waals surface area contributed by atoms with Crippen molar-refractivity contribution in [3.8, 4) is 0 Å². The van der Waals surface area contributed by atoms with Crippen molar-refractivity contribution < 1.29 is 4.79 Å². The molecule has 0 atom stereocenters. The van der Waals surface area contributed by atoms with E-state index in [2.05, 4.69) is 38.1 Å². The summed E-state index contributed by atoms with van der Waals surface area (Å²) in [4.78, 5) is 13.8. The zero-order valence-corrected chi connectivity index (χ0v) is 10.3. The Bertz CT molecular complexity index is 409. The van der Waals surface area contributed by atoms with Gasteiger partial charge in [0.05, 0.1) is 0 Å². The van der Waals surface area contributed by atoms with Crippen molar-refractivity contribution in [3.05, 3.63) is 35.4 Å². The van der Waals surface area contributed by atoms with Crippen LogP contribution in [0.2, 0.25) is 0 Å². The molecule has 0 spiro atoms. The van der Waals surface area contributed by atoms with E-state index in [1.54, 1.807) is 0 Å². The van der Waals surface area contributed by atoms with Gasteiger partial charge in [0.1, 0.15) is 0 Å². The molecule has 0 aliphatic carbocycles. The number of carbonyl (C=O) groups is 1. The monoisotopic (exact) mass is 217 g/mol. The van der Waals surface area contributed by atoms with Gasteiger partial charge in [-0.3, -0.25) is 4.79 Å². The molecular formula is C14H19NO. The van der Waals surface area contributed by atoms with Gasteiger partial charge in [-0.15, -0.1) is 0 Å². The fourth-order valence-corrected chi connectivity index (χ4v) is 2.54. The summed E-state index contributed by atoms with van der Waals surface area (Å²) in [7, 11) is 0. The zero-order valence-electron chi connectivity index (χ0n) is 10.3. The molecule has 0 unspecified atom stereocenters. The lowest BCUT2D eigenvalue weighted by atomic mass is 9.78. The normalized spacial score (nSPS) is 18.1. The van der Waals surface area contributed by atoms with Crippen molar-refractivity contribution in [2.24, 2.45) is 0 Å². The number of carbonyl (C=O) groups excluding carboxylic acids is 1. The van der Waals surface area contributed by atoms with Crippen LogP contribution in [0.4, 0.5) is 0 Å². The topological polar surface area (TPSA) is 20.3 Å². The minimum Gasteiger partial charge on any atom is -0.337 e. The molecule has 0 aromatic heterocycles. The third-order valence-corrected chi connectivity index (χ3v) is 3.35. The highest BCUT2D eigenvalue weighted by Crippen LogP contribution is 2.33. The molecule has 86 valence electrons. The van der Waals surface area contributed by atoms with E-state index in [0.717, 1.165) is 13.1 Å². The van der Waals surface area contributed by atoms with Gasteiger partial charge in [-0.05, 0) is 11.1 Å². The van der Waals surface area contributed by atoms with Crippen LogP contribution in [0.5, 0.6) is 0 Å². The van der Waals surface area contributed by atoms with Crippen molar-refractivity contribution in [1.29, 1.82) is 0 Å². The Kier molecular flexibility index (Phi) is 2.75. The van der Waals surface area contributed by atoms with Crippen LogP contribution in [0.1, 0.15) is 38.3 Å². The third-order valence-electron chi connectivity index (χ3n) is 3.35. The van der Waals surface area contributed by atoms with E-state index < -0.39 is 0 Å². The molecule has 2 heteroatoms. The fourth-order valence-electron chi connectivity index (χ4n) is 2.54. The number of benzene rings is 1. The van der Waals surface area contributed by atoms with E-state index in [9.17, 15) is 4.79 Å². The Hall–Kier alpha value is -1.31. The maximum absolute atomic E-state index is 11.8. The molecule has 1 amide bonds. The van der Waals surface area contributed by atoms with E-state index in [1.807, 2.05) is 11.8 Å². The zero-order chi connectivity index (χ0) is 11.8. The van der Waals surface area contributed by atoms with Crippen LogP contribution in [0.25, 0.3) is 0 Å². The molecule has 1 heterocycles. The molecule has 0 saturated carbocycles. The van der Waals surface area contributed by atoms with Crippen LogP contribution in [-0.4, -0.2) is 17.4 Å². The molecule has 0 fully saturated rings. The minimum absolute atomic E-state index is 0.0691. The Morgan fingerprint density at radius 3 is 2.75 bits per heavy atom. The fraction of sp³-hybridized carbons (Fsp3) is 0.500. The molecule has 2 nitrogen and oxygen atoms in total. The molecule has 1 aromatic carbocycles. The maximum Gasteiger partial charge on any atom is 0.222 e. The first-order chi connectivity index (χ1) is 7.54. The standard InChI is InChI=1S/C14H19NO/c1-4-13(16)15-9-11-7-5-6-8-12(11)14(2,3)10-15/h5-8H,4,9-10H2,1-3H3. The summed E-state index contributed by atoms with van der Waals surface area (Å²) >= 11 is 0. The van der Waals surface area contributed by atoms with Gasteiger partial charge in [0.15, 0.2) is 0 Å². The summed E-state index contributed by atoms with van der Waals surface area (Å²) in [5.74, 6) is 0.252. The quantitative estimate of drug-likeness (QED) is 0.708. The number of rotatable bonds is 1. The Labute approximate surface area is 97.3 Å². The van der Waals surface area contributed by atoms with E-state index in [4.69, 9.17) is 0 Å². The first-order valence-electron chi connectivity index (χ1n) is 5.91. The predicted octanol–water partition coefficient (Wildman–Crippen LogP) is 2.72. The lowest BCUT2D eigenvalue weighted by Crippen LogP contribution is -2.44. The number of nitrogens with zero attached hydrogens (tertiary/aromatic N) is 1. The molecule has 1 aliphatic heterocycles. The lowest BCUT2D eigenvalue weighted by molar-refractivity contribution is -0.132. The maximum atomic E-state index is 11.8. The molecule has 0 bridgehead atoms. The molecule has 2 rings (SSSR count). The first-order valence-corrected chi connectivity index (χ1v) is 5.91. The molecule has 1 aliphatic rings. The van der Waals surface area contributed by atoms with Crippen LogP contribution in [-0.2, 0) is 16.8 Å². The van der Waals surface area contributed by atoms with Crippen LogP contribution in [0.3, 0.4) is 0 Å². The van der Waals surface area contributed by atoms with Crippen molar-refractivity contribution >= 4 is 5.91 Å². The average Bonchev–Trinajstić information content (AvgIpc) is 2.27.